The zero-order valence-corrected chi connectivity index (χ0v) is 11.2. The number of nitrogens with zero attached hydrogens (tertiary/aromatic N) is 2. The van der Waals surface area contributed by atoms with Gasteiger partial charge in [-0.2, -0.15) is 0 Å². The van der Waals surface area contributed by atoms with Crippen molar-refractivity contribution in [3.8, 4) is 0 Å². The van der Waals surface area contributed by atoms with E-state index in [1.807, 2.05) is 13.8 Å². The summed E-state index contributed by atoms with van der Waals surface area (Å²) in [6.07, 6.45) is 1.74. The second-order valence-electron chi connectivity index (χ2n) is 4.18. The molecule has 0 aromatic rings. The van der Waals surface area contributed by atoms with Crippen LogP contribution < -0.4 is 5.32 Å². The molecule has 4 nitrogen and oxygen atoms in total. The standard InChI is InChI=1S/C12H23N3O/c1-9(2)11(4)14-7-10(3)15(6)12(16)8-13-5/h7,9,13H,8H2,1-6H3/b10-7+,14-11?. The normalized spacial score (nSPS) is 13.2. The summed E-state index contributed by atoms with van der Waals surface area (Å²) in [6, 6.07) is 0. The van der Waals surface area contributed by atoms with E-state index in [0.29, 0.717) is 12.5 Å². The molecule has 4 heteroatoms. The molecule has 92 valence electrons. The lowest BCUT2D eigenvalue weighted by atomic mass is 10.1. The first kappa shape index (κ1) is 14.8. The van der Waals surface area contributed by atoms with E-state index in [0.717, 1.165) is 11.4 Å². The topological polar surface area (TPSA) is 44.7 Å². The second kappa shape index (κ2) is 7.17. The van der Waals surface area contributed by atoms with Gasteiger partial charge in [-0.25, -0.2) is 0 Å². The van der Waals surface area contributed by atoms with Crippen molar-refractivity contribution in [2.45, 2.75) is 27.7 Å². The summed E-state index contributed by atoms with van der Waals surface area (Å²) in [5.41, 5.74) is 1.91. The number of amides is 1. The van der Waals surface area contributed by atoms with Crippen LogP contribution in [0.4, 0.5) is 0 Å². The van der Waals surface area contributed by atoms with Gasteiger partial charge in [-0.1, -0.05) is 13.8 Å². The molecule has 0 saturated carbocycles. The fourth-order valence-electron chi connectivity index (χ4n) is 0.897. The largest absolute Gasteiger partial charge is 0.317 e. The Morgan fingerprint density at radius 3 is 2.44 bits per heavy atom. The van der Waals surface area contributed by atoms with Gasteiger partial charge in [-0.15, -0.1) is 0 Å². The molecule has 1 amide bonds. The van der Waals surface area contributed by atoms with E-state index in [9.17, 15) is 4.79 Å². The van der Waals surface area contributed by atoms with Crippen molar-refractivity contribution in [2.24, 2.45) is 10.9 Å². The maximum Gasteiger partial charge on any atom is 0.240 e. The van der Waals surface area contributed by atoms with E-state index in [4.69, 9.17) is 0 Å². The molecule has 0 aromatic heterocycles. The van der Waals surface area contributed by atoms with Crippen LogP contribution in [0.2, 0.25) is 0 Å². The van der Waals surface area contributed by atoms with Crippen LogP contribution in [0.5, 0.6) is 0 Å². The van der Waals surface area contributed by atoms with Gasteiger partial charge < -0.3 is 10.2 Å². The van der Waals surface area contributed by atoms with Crippen LogP contribution in [0.1, 0.15) is 27.7 Å². The van der Waals surface area contributed by atoms with Crippen molar-refractivity contribution in [1.82, 2.24) is 10.2 Å². The molecule has 0 heterocycles. The molecule has 1 N–H and O–H groups in total. The minimum atomic E-state index is 0.0358. The van der Waals surface area contributed by atoms with Gasteiger partial charge >= 0.3 is 0 Å². The number of likely N-dealkylation sites (N-methyl/N-ethyl adjacent to an activating group) is 2. The first-order chi connectivity index (χ1) is 7.40. The highest BCUT2D eigenvalue weighted by atomic mass is 16.2. The van der Waals surface area contributed by atoms with Crippen LogP contribution in [0.25, 0.3) is 0 Å². The third-order valence-electron chi connectivity index (χ3n) is 2.52. The average Bonchev–Trinajstić information content (AvgIpc) is 2.24. The summed E-state index contributed by atoms with van der Waals surface area (Å²) in [4.78, 5) is 17.5. The molecule has 0 aliphatic carbocycles. The molecule has 0 bridgehead atoms. The van der Waals surface area contributed by atoms with Crippen molar-refractivity contribution in [3.63, 3.8) is 0 Å². The summed E-state index contributed by atoms with van der Waals surface area (Å²) >= 11 is 0. The Morgan fingerprint density at radius 1 is 1.44 bits per heavy atom. The van der Waals surface area contributed by atoms with E-state index < -0.39 is 0 Å². The number of hydrogen-bond acceptors (Lipinski definition) is 3. The molecule has 0 radical (unpaired) electrons. The number of aliphatic imine (C=N–C) groups is 1. The van der Waals surface area contributed by atoms with E-state index in [1.165, 1.54) is 0 Å². The smallest absolute Gasteiger partial charge is 0.240 e. The maximum atomic E-state index is 11.5. The minimum Gasteiger partial charge on any atom is -0.317 e. The summed E-state index contributed by atoms with van der Waals surface area (Å²) in [6.45, 7) is 8.40. The predicted octanol–water partition coefficient (Wildman–Crippen LogP) is 1.64. The Bertz CT molecular complexity index is 293. The van der Waals surface area contributed by atoms with Crippen LogP contribution in [-0.2, 0) is 4.79 Å². The van der Waals surface area contributed by atoms with Crippen LogP contribution >= 0.6 is 0 Å². The number of rotatable bonds is 5. The lowest BCUT2D eigenvalue weighted by molar-refractivity contribution is -0.127. The predicted molar refractivity (Wildman–Crippen MR) is 68.4 cm³/mol. The first-order valence-corrected chi connectivity index (χ1v) is 5.52. The third-order valence-corrected chi connectivity index (χ3v) is 2.52. The van der Waals surface area contributed by atoms with Gasteiger partial charge in [-0.05, 0) is 26.8 Å². The van der Waals surface area contributed by atoms with Gasteiger partial charge in [0.15, 0.2) is 0 Å². The van der Waals surface area contributed by atoms with Crippen molar-refractivity contribution >= 4 is 11.6 Å². The summed E-state index contributed by atoms with van der Waals surface area (Å²) in [5.74, 6) is 0.469. The fraction of sp³-hybridized carbons (Fsp3) is 0.667. The van der Waals surface area contributed by atoms with E-state index in [2.05, 4.69) is 24.2 Å². The molecule has 0 aliphatic heterocycles. The molecule has 0 aromatic carbocycles. The zero-order chi connectivity index (χ0) is 12.7. The Kier molecular flexibility index (Phi) is 6.65. The third kappa shape index (κ3) is 5.07. The molecule has 0 rings (SSSR count). The molecule has 0 fully saturated rings. The Labute approximate surface area is 98.4 Å². The van der Waals surface area contributed by atoms with Gasteiger partial charge in [0.1, 0.15) is 0 Å². The highest BCUT2D eigenvalue weighted by Gasteiger charge is 2.08. The van der Waals surface area contributed by atoms with Crippen molar-refractivity contribution in [3.05, 3.63) is 11.9 Å². The van der Waals surface area contributed by atoms with Gasteiger partial charge in [-0.3, -0.25) is 9.79 Å². The molecule has 0 saturated heterocycles. The average molecular weight is 225 g/mol. The molecule has 0 atom stereocenters. The zero-order valence-electron chi connectivity index (χ0n) is 11.2. The molecule has 0 unspecified atom stereocenters. The number of allylic oxidation sites excluding steroid dienone is 1. The molecule has 0 spiro atoms. The van der Waals surface area contributed by atoms with Gasteiger partial charge in [0.05, 0.1) is 6.54 Å². The second-order valence-corrected chi connectivity index (χ2v) is 4.18. The van der Waals surface area contributed by atoms with E-state index in [1.54, 1.807) is 25.2 Å². The first-order valence-electron chi connectivity index (χ1n) is 5.52. The fourth-order valence-corrected chi connectivity index (χ4v) is 0.897. The lowest BCUT2D eigenvalue weighted by Gasteiger charge is -2.16. The molecule has 16 heavy (non-hydrogen) atoms. The van der Waals surface area contributed by atoms with Crippen molar-refractivity contribution in [1.29, 1.82) is 0 Å². The minimum absolute atomic E-state index is 0.0358. The van der Waals surface area contributed by atoms with Crippen LogP contribution in [-0.4, -0.2) is 37.2 Å². The Hall–Kier alpha value is -1.16. The summed E-state index contributed by atoms with van der Waals surface area (Å²) in [7, 11) is 3.51. The monoisotopic (exact) mass is 225 g/mol. The van der Waals surface area contributed by atoms with E-state index in [-0.39, 0.29) is 5.91 Å². The highest BCUT2D eigenvalue weighted by molar-refractivity contribution is 5.84. The van der Waals surface area contributed by atoms with E-state index >= 15 is 0 Å². The van der Waals surface area contributed by atoms with Crippen LogP contribution in [0.3, 0.4) is 0 Å². The van der Waals surface area contributed by atoms with Crippen molar-refractivity contribution < 1.29 is 4.79 Å². The van der Waals surface area contributed by atoms with Gasteiger partial charge in [0, 0.05) is 24.7 Å². The maximum absolute atomic E-state index is 11.5. The SMILES string of the molecule is CNCC(=O)N(C)/C(C)=C/N=C(C)C(C)C. The summed E-state index contributed by atoms with van der Waals surface area (Å²) < 4.78 is 0. The van der Waals surface area contributed by atoms with Gasteiger partial charge in [0.2, 0.25) is 5.91 Å². The number of carbonyl (C=O) groups is 1. The van der Waals surface area contributed by atoms with Crippen LogP contribution in [0.15, 0.2) is 16.9 Å². The molecule has 0 aliphatic rings. The van der Waals surface area contributed by atoms with Crippen LogP contribution in [0, 0.1) is 5.92 Å². The lowest BCUT2D eigenvalue weighted by Crippen LogP contribution is -2.32. The number of carbonyl (C=O) groups excluding carboxylic acids is 1. The van der Waals surface area contributed by atoms with Gasteiger partial charge in [0.25, 0.3) is 0 Å². The molecular weight excluding hydrogens is 202 g/mol. The number of hydrogen-bond donors (Lipinski definition) is 1. The number of nitrogens with one attached hydrogen (secondary N) is 1. The Balaban J connectivity index is 4.54. The summed E-state index contributed by atoms with van der Waals surface area (Å²) in [5, 5.41) is 2.83. The Morgan fingerprint density at radius 2 is 2.00 bits per heavy atom. The quantitative estimate of drug-likeness (QED) is 0.723. The molecular formula is C12H23N3O. The highest BCUT2D eigenvalue weighted by Crippen LogP contribution is 2.03. The van der Waals surface area contributed by atoms with Crippen molar-refractivity contribution in [2.75, 3.05) is 20.6 Å².